The van der Waals surface area contributed by atoms with Crippen LogP contribution in [0.1, 0.15) is 31.8 Å². The lowest BCUT2D eigenvalue weighted by Crippen LogP contribution is -2.25. The predicted octanol–water partition coefficient (Wildman–Crippen LogP) is 3.58. The number of fused-ring (bicyclic) bond motifs is 3. The number of carbonyl (C=O) groups is 2. The monoisotopic (exact) mass is 343 g/mol. The molecular formula is C22H17NO3. The second-order valence-electron chi connectivity index (χ2n) is 6.31. The molecule has 0 radical (unpaired) electrons. The predicted molar refractivity (Wildman–Crippen MR) is 99.5 cm³/mol. The standard InChI is InChI=1S/C22H17NO3/c24-16-5-3-4-14(12-16)10-11-23-22(26)15-8-9-18-17-6-1-2-7-19(17)21(25)20(18)13-15/h1-9,12-13,24H,10-11H2,(H,23,26). The molecule has 0 aromatic heterocycles. The second kappa shape index (κ2) is 6.48. The van der Waals surface area contributed by atoms with Crippen molar-refractivity contribution < 1.29 is 14.7 Å². The fourth-order valence-electron chi connectivity index (χ4n) is 3.30. The van der Waals surface area contributed by atoms with E-state index < -0.39 is 0 Å². The highest BCUT2D eigenvalue weighted by molar-refractivity contribution is 6.22. The Balaban J connectivity index is 1.47. The molecule has 0 spiro atoms. The number of amides is 1. The SMILES string of the molecule is O=C(NCCc1cccc(O)c1)c1ccc2c(c1)C(=O)c1ccccc1-2. The van der Waals surface area contributed by atoms with Crippen molar-refractivity contribution >= 4 is 11.7 Å². The van der Waals surface area contributed by atoms with E-state index in [0.717, 1.165) is 16.7 Å². The largest absolute Gasteiger partial charge is 0.508 e. The van der Waals surface area contributed by atoms with Crippen molar-refractivity contribution in [3.05, 3.63) is 89.0 Å². The third-order valence-electron chi connectivity index (χ3n) is 4.60. The summed E-state index contributed by atoms with van der Waals surface area (Å²) in [6.45, 7) is 0.452. The maximum Gasteiger partial charge on any atom is 0.251 e. The first kappa shape index (κ1) is 16.1. The maximum absolute atomic E-state index is 12.5. The first-order valence-corrected chi connectivity index (χ1v) is 8.48. The van der Waals surface area contributed by atoms with E-state index in [0.29, 0.717) is 29.7 Å². The average molecular weight is 343 g/mol. The summed E-state index contributed by atoms with van der Waals surface area (Å²) in [5, 5.41) is 12.3. The van der Waals surface area contributed by atoms with Gasteiger partial charge in [-0.05, 0) is 47.4 Å². The van der Waals surface area contributed by atoms with Crippen molar-refractivity contribution in [3.8, 4) is 16.9 Å². The van der Waals surface area contributed by atoms with Crippen molar-refractivity contribution in [1.82, 2.24) is 5.32 Å². The van der Waals surface area contributed by atoms with Gasteiger partial charge in [0.15, 0.2) is 5.78 Å². The number of rotatable bonds is 4. The molecule has 0 heterocycles. The van der Waals surface area contributed by atoms with E-state index in [1.165, 1.54) is 0 Å². The van der Waals surface area contributed by atoms with E-state index in [1.54, 1.807) is 30.3 Å². The Hall–Kier alpha value is -3.40. The minimum absolute atomic E-state index is 0.0370. The number of benzene rings is 3. The van der Waals surface area contributed by atoms with E-state index in [9.17, 15) is 14.7 Å². The number of hydrogen-bond donors (Lipinski definition) is 2. The van der Waals surface area contributed by atoms with Gasteiger partial charge in [-0.3, -0.25) is 9.59 Å². The molecule has 1 aliphatic carbocycles. The van der Waals surface area contributed by atoms with Crippen LogP contribution in [-0.4, -0.2) is 23.3 Å². The van der Waals surface area contributed by atoms with Crippen molar-refractivity contribution in [2.24, 2.45) is 0 Å². The van der Waals surface area contributed by atoms with Gasteiger partial charge in [-0.15, -0.1) is 0 Å². The van der Waals surface area contributed by atoms with Gasteiger partial charge >= 0.3 is 0 Å². The van der Waals surface area contributed by atoms with Gasteiger partial charge in [0.1, 0.15) is 5.75 Å². The normalized spacial score (nSPS) is 11.8. The number of hydrogen-bond acceptors (Lipinski definition) is 3. The van der Waals surface area contributed by atoms with Gasteiger partial charge in [0.2, 0.25) is 0 Å². The third-order valence-corrected chi connectivity index (χ3v) is 4.60. The molecule has 0 bridgehead atoms. The smallest absolute Gasteiger partial charge is 0.251 e. The highest BCUT2D eigenvalue weighted by Crippen LogP contribution is 2.36. The molecule has 0 fully saturated rings. The van der Waals surface area contributed by atoms with Crippen LogP contribution in [0, 0.1) is 0 Å². The first-order valence-electron chi connectivity index (χ1n) is 8.48. The highest BCUT2D eigenvalue weighted by Gasteiger charge is 2.26. The summed E-state index contributed by atoms with van der Waals surface area (Å²) >= 11 is 0. The lowest BCUT2D eigenvalue weighted by Gasteiger charge is -2.07. The molecule has 2 N–H and O–H groups in total. The molecule has 0 aliphatic heterocycles. The van der Waals surface area contributed by atoms with Crippen LogP contribution in [0.5, 0.6) is 5.75 Å². The number of ketones is 1. The molecule has 0 unspecified atom stereocenters. The molecule has 1 amide bonds. The van der Waals surface area contributed by atoms with E-state index in [4.69, 9.17) is 0 Å². The zero-order valence-corrected chi connectivity index (χ0v) is 14.0. The molecule has 4 heteroatoms. The summed E-state index contributed by atoms with van der Waals surface area (Å²) in [7, 11) is 0. The van der Waals surface area contributed by atoms with Crippen LogP contribution in [0.15, 0.2) is 66.7 Å². The van der Waals surface area contributed by atoms with Crippen LogP contribution in [0.3, 0.4) is 0 Å². The summed E-state index contributed by atoms with van der Waals surface area (Å²) in [5.74, 6) is -0.0350. The third kappa shape index (κ3) is 2.86. The fourth-order valence-corrected chi connectivity index (χ4v) is 3.30. The van der Waals surface area contributed by atoms with Gasteiger partial charge in [0.05, 0.1) is 0 Å². The molecule has 4 nitrogen and oxygen atoms in total. The van der Waals surface area contributed by atoms with Gasteiger partial charge in [-0.2, -0.15) is 0 Å². The fraction of sp³-hybridized carbons (Fsp3) is 0.0909. The molecule has 0 saturated carbocycles. The van der Waals surface area contributed by atoms with E-state index >= 15 is 0 Å². The molecule has 128 valence electrons. The van der Waals surface area contributed by atoms with Gasteiger partial charge in [0.25, 0.3) is 5.91 Å². The number of carbonyl (C=O) groups excluding carboxylic acids is 2. The van der Waals surface area contributed by atoms with E-state index in [-0.39, 0.29) is 17.4 Å². The average Bonchev–Trinajstić information content (AvgIpc) is 2.94. The van der Waals surface area contributed by atoms with Crippen molar-refractivity contribution in [3.63, 3.8) is 0 Å². The molecular weight excluding hydrogens is 326 g/mol. The Morgan fingerprint density at radius 1 is 0.846 bits per heavy atom. The summed E-state index contributed by atoms with van der Waals surface area (Å²) < 4.78 is 0. The molecule has 0 saturated heterocycles. The topological polar surface area (TPSA) is 66.4 Å². The quantitative estimate of drug-likeness (QED) is 0.595. The second-order valence-corrected chi connectivity index (χ2v) is 6.31. The summed E-state index contributed by atoms with van der Waals surface area (Å²) in [4.78, 5) is 24.9. The molecule has 1 aliphatic rings. The van der Waals surface area contributed by atoms with Crippen LogP contribution in [-0.2, 0) is 6.42 Å². The van der Waals surface area contributed by atoms with Crippen molar-refractivity contribution in [2.45, 2.75) is 6.42 Å². The van der Waals surface area contributed by atoms with Crippen LogP contribution in [0.25, 0.3) is 11.1 Å². The lowest BCUT2D eigenvalue weighted by atomic mass is 10.0. The Morgan fingerprint density at radius 2 is 1.62 bits per heavy atom. The van der Waals surface area contributed by atoms with Crippen molar-refractivity contribution in [1.29, 1.82) is 0 Å². The van der Waals surface area contributed by atoms with Gasteiger partial charge in [-0.25, -0.2) is 0 Å². The van der Waals surface area contributed by atoms with Crippen molar-refractivity contribution in [2.75, 3.05) is 6.54 Å². The summed E-state index contributed by atoms with van der Waals surface area (Å²) in [6.07, 6.45) is 0.620. The Labute approximate surface area is 151 Å². The minimum atomic E-state index is -0.211. The van der Waals surface area contributed by atoms with Gasteiger partial charge < -0.3 is 10.4 Å². The van der Waals surface area contributed by atoms with E-state index in [2.05, 4.69) is 5.32 Å². The number of phenols is 1. The van der Waals surface area contributed by atoms with Crippen LogP contribution in [0.2, 0.25) is 0 Å². The van der Waals surface area contributed by atoms with Crippen LogP contribution in [0.4, 0.5) is 0 Å². The Bertz CT molecular complexity index is 1020. The van der Waals surface area contributed by atoms with Crippen LogP contribution < -0.4 is 5.32 Å². The molecule has 26 heavy (non-hydrogen) atoms. The lowest BCUT2D eigenvalue weighted by molar-refractivity contribution is 0.0954. The number of phenolic OH excluding ortho intramolecular Hbond substituents is 1. The molecule has 3 aromatic rings. The highest BCUT2D eigenvalue weighted by atomic mass is 16.3. The Kier molecular flexibility index (Phi) is 4.01. The number of aromatic hydroxyl groups is 1. The molecule has 3 aromatic carbocycles. The zero-order valence-electron chi connectivity index (χ0n) is 14.0. The molecule has 0 atom stereocenters. The number of nitrogens with one attached hydrogen (secondary N) is 1. The minimum Gasteiger partial charge on any atom is -0.508 e. The van der Waals surface area contributed by atoms with Gasteiger partial charge in [0, 0.05) is 23.2 Å². The molecule has 4 rings (SSSR count). The summed E-state index contributed by atoms with van der Waals surface area (Å²) in [5.41, 5.74) is 4.48. The maximum atomic E-state index is 12.5. The first-order chi connectivity index (χ1) is 12.6. The summed E-state index contributed by atoms with van der Waals surface area (Å²) in [6, 6.07) is 19.7. The van der Waals surface area contributed by atoms with Gasteiger partial charge in [-0.1, -0.05) is 42.5 Å². The Morgan fingerprint density at radius 3 is 2.42 bits per heavy atom. The van der Waals surface area contributed by atoms with E-state index in [1.807, 2.05) is 36.4 Å². The zero-order chi connectivity index (χ0) is 18.1. The van der Waals surface area contributed by atoms with Crippen LogP contribution >= 0.6 is 0 Å².